The lowest BCUT2D eigenvalue weighted by Crippen LogP contribution is -2.33. The molecule has 0 spiro atoms. The number of hydrogen-bond acceptors (Lipinski definition) is 4. The molecule has 0 radical (unpaired) electrons. The molecule has 0 saturated carbocycles. The predicted octanol–water partition coefficient (Wildman–Crippen LogP) is 6.39. The minimum Gasteiger partial charge on any atom is -0.492 e. The first-order valence-corrected chi connectivity index (χ1v) is 12.5. The van der Waals surface area contributed by atoms with Gasteiger partial charge in [-0.15, -0.1) is 0 Å². The number of benzene rings is 2. The number of ether oxygens (including phenoxy) is 1. The molecule has 5 aromatic rings. The molecule has 0 bridgehead atoms. The molecule has 0 N–H and O–H groups in total. The van der Waals surface area contributed by atoms with Gasteiger partial charge in [-0.3, -0.25) is 9.88 Å². The highest BCUT2D eigenvalue weighted by Gasteiger charge is 2.12. The molecule has 6 rings (SSSR count). The van der Waals surface area contributed by atoms with Crippen molar-refractivity contribution in [3.8, 4) is 28.0 Å². The van der Waals surface area contributed by atoms with Crippen LogP contribution in [0.3, 0.4) is 0 Å². The molecule has 1 aliphatic heterocycles. The van der Waals surface area contributed by atoms with Gasteiger partial charge in [-0.2, -0.15) is 0 Å². The van der Waals surface area contributed by atoms with Gasteiger partial charge in [0.15, 0.2) is 0 Å². The quantitative estimate of drug-likeness (QED) is 0.293. The van der Waals surface area contributed by atoms with E-state index in [0.29, 0.717) is 0 Å². The SMILES string of the molecule is Cc1ccc2c(-c3ccn4cc(-c5ccc(OCCN6CCCCC6)cc5)cnc34)ccnc2c1. The summed E-state index contributed by atoms with van der Waals surface area (Å²) in [6.45, 7) is 6.25. The van der Waals surface area contributed by atoms with Gasteiger partial charge >= 0.3 is 0 Å². The number of fused-ring (bicyclic) bond motifs is 2. The van der Waals surface area contributed by atoms with Crippen molar-refractivity contribution in [2.75, 3.05) is 26.2 Å². The van der Waals surface area contributed by atoms with Crippen LogP contribution in [0.5, 0.6) is 5.75 Å². The molecular formula is C30H30N4O. The molecule has 5 heteroatoms. The molecule has 1 saturated heterocycles. The van der Waals surface area contributed by atoms with Crippen molar-refractivity contribution in [3.05, 3.63) is 84.9 Å². The van der Waals surface area contributed by atoms with Gasteiger partial charge in [0.1, 0.15) is 18.0 Å². The normalized spacial score (nSPS) is 14.5. The van der Waals surface area contributed by atoms with E-state index in [0.717, 1.165) is 57.7 Å². The van der Waals surface area contributed by atoms with E-state index < -0.39 is 0 Å². The average Bonchev–Trinajstić information content (AvgIpc) is 3.32. The van der Waals surface area contributed by atoms with Crippen LogP contribution in [-0.4, -0.2) is 45.5 Å². The van der Waals surface area contributed by atoms with Gasteiger partial charge in [0.25, 0.3) is 0 Å². The third kappa shape index (κ3) is 4.52. The molecule has 1 fully saturated rings. The number of aryl methyl sites for hydroxylation is 1. The molecule has 2 aromatic carbocycles. The fourth-order valence-corrected chi connectivity index (χ4v) is 5.06. The van der Waals surface area contributed by atoms with Crippen molar-refractivity contribution in [2.24, 2.45) is 0 Å². The summed E-state index contributed by atoms with van der Waals surface area (Å²) in [7, 11) is 0. The zero-order valence-corrected chi connectivity index (χ0v) is 20.2. The minimum atomic E-state index is 0.738. The zero-order chi connectivity index (χ0) is 23.6. The summed E-state index contributed by atoms with van der Waals surface area (Å²) >= 11 is 0. The van der Waals surface area contributed by atoms with E-state index in [1.807, 2.05) is 12.4 Å². The van der Waals surface area contributed by atoms with Crippen LogP contribution in [-0.2, 0) is 0 Å². The summed E-state index contributed by atoms with van der Waals surface area (Å²) in [6.07, 6.45) is 12.1. The van der Waals surface area contributed by atoms with Gasteiger partial charge in [0, 0.05) is 47.8 Å². The Hall–Kier alpha value is -3.70. The number of pyridine rings is 1. The summed E-state index contributed by atoms with van der Waals surface area (Å²) in [5.74, 6) is 0.919. The third-order valence-corrected chi connectivity index (χ3v) is 6.99. The smallest absolute Gasteiger partial charge is 0.144 e. The topological polar surface area (TPSA) is 42.7 Å². The second-order valence-electron chi connectivity index (χ2n) is 9.46. The Bertz CT molecular complexity index is 1470. The van der Waals surface area contributed by atoms with E-state index in [2.05, 4.69) is 88.2 Å². The van der Waals surface area contributed by atoms with Crippen molar-refractivity contribution in [3.63, 3.8) is 0 Å². The summed E-state index contributed by atoms with van der Waals surface area (Å²) in [5.41, 5.74) is 7.65. The highest BCUT2D eigenvalue weighted by atomic mass is 16.5. The first kappa shape index (κ1) is 21.8. The maximum absolute atomic E-state index is 6.00. The number of hydrogen-bond donors (Lipinski definition) is 0. The lowest BCUT2D eigenvalue weighted by molar-refractivity contribution is 0.183. The van der Waals surface area contributed by atoms with Crippen molar-refractivity contribution in [2.45, 2.75) is 26.2 Å². The van der Waals surface area contributed by atoms with Crippen LogP contribution in [0.4, 0.5) is 0 Å². The highest BCUT2D eigenvalue weighted by Crippen LogP contribution is 2.32. The average molecular weight is 463 g/mol. The number of piperidine rings is 1. The van der Waals surface area contributed by atoms with Gasteiger partial charge in [-0.05, 0) is 79.9 Å². The van der Waals surface area contributed by atoms with Gasteiger partial charge in [-0.1, -0.05) is 30.7 Å². The lowest BCUT2D eigenvalue weighted by atomic mass is 10.0. The monoisotopic (exact) mass is 462 g/mol. The first-order chi connectivity index (χ1) is 17.2. The van der Waals surface area contributed by atoms with Crippen molar-refractivity contribution >= 4 is 16.6 Å². The fraction of sp³-hybridized carbons (Fsp3) is 0.267. The molecule has 35 heavy (non-hydrogen) atoms. The number of aromatic nitrogens is 3. The number of likely N-dealkylation sites (tertiary alicyclic amines) is 1. The van der Waals surface area contributed by atoms with Crippen LogP contribution < -0.4 is 4.74 Å². The first-order valence-electron chi connectivity index (χ1n) is 12.5. The van der Waals surface area contributed by atoms with Gasteiger partial charge in [0.2, 0.25) is 0 Å². The van der Waals surface area contributed by atoms with Crippen LogP contribution in [0, 0.1) is 6.92 Å². The van der Waals surface area contributed by atoms with Gasteiger partial charge < -0.3 is 9.14 Å². The van der Waals surface area contributed by atoms with Gasteiger partial charge in [0.05, 0.1) is 5.52 Å². The summed E-state index contributed by atoms with van der Waals surface area (Å²) < 4.78 is 8.10. The van der Waals surface area contributed by atoms with E-state index in [1.54, 1.807) is 0 Å². The summed E-state index contributed by atoms with van der Waals surface area (Å²) in [5, 5.41) is 1.15. The van der Waals surface area contributed by atoms with Crippen LogP contribution in [0.1, 0.15) is 24.8 Å². The molecular weight excluding hydrogens is 432 g/mol. The Morgan fingerprint density at radius 3 is 2.57 bits per heavy atom. The molecule has 0 amide bonds. The van der Waals surface area contributed by atoms with Crippen molar-refractivity contribution in [1.29, 1.82) is 0 Å². The second-order valence-corrected chi connectivity index (χ2v) is 9.46. The Balaban J connectivity index is 1.21. The lowest BCUT2D eigenvalue weighted by Gasteiger charge is -2.26. The Kier molecular flexibility index (Phi) is 5.93. The van der Waals surface area contributed by atoms with Crippen molar-refractivity contribution < 1.29 is 4.74 Å². The second kappa shape index (κ2) is 9.51. The third-order valence-electron chi connectivity index (χ3n) is 6.99. The van der Waals surface area contributed by atoms with E-state index in [1.165, 1.54) is 37.9 Å². The molecule has 3 aromatic heterocycles. The van der Waals surface area contributed by atoms with Crippen molar-refractivity contribution in [1.82, 2.24) is 19.3 Å². The molecule has 5 nitrogen and oxygen atoms in total. The fourth-order valence-electron chi connectivity index (χ4n) is 5.06. The van der Waals surface area contributed by atoms with Crippen LogP contribution in [0.15, 0.2) is 79.4 Å². The maximum atomic E-state index is 6.00. The molecule has 4 heterocycles. The molecule has 0 aliphatic carbocycles. The molecule has 1 aliphatic rings. The Morgan fingerprint density at radius 2 is 1.71 bits per heavy atom. The van der Waals surface area contributed by atoms with Crippen LogP contribution in [0.25, 0.3) is 38.8 Å². The predicted molar refractivity (Wildman–Crippen MR) is 142 cm³/mol. The number of rotatable bonds is 6. The minimum absolute atomic E-state index is 0.738. The maximum Gasteiger partial charge on any atom is 0.144 e. The van der Waals surface area contributed by atoms with E-state index in [-0.39, 0.29) is 0 Å². The molecule has 0 unspecified atom stereocenters. The Labute approximate surface area is 206 Å². The highest BCUT2D eigenvalue weighted by molar-refractivity contribution is 5.98. The van der Waals surface area contributed by atoms with Gasteiger partial charge in [-0.25, -0.2) is 4.98 Å². The van der Waals surface area contributed by atoms with Crippen LogP contribution in [0.2, 0.25) is 0 Å². The zero-order valence-electron chi connectivity index (χ0n) is 20.2. The van der Waals surface area contributed by atoms with Crippen LogP contribution >= 0.6 is 0 Å². The molecule has 0 atom stereocenters. The van der Waals surface area contributed by atoms with E-state index >= 15 is 0 Å². The Morgan fingerprint density at radius 1 is 0.857 bits per heavy atom. The largest absolute Gasteiger partial charge is 0.492 e. The van der Waals surface area contributed by atoms with E-state index in [4.69, 9.17) is 9.72 Å². The number of nitrogens with zero attached hydrogens (tertiary/aromatic N) is 4. The molecule has 176 valence electrons. The summed E-state index contributed by atoms with van der Waals surface area (Å²) in [6, 6.07) is 19.0. The van der Waals surface area contributed by atoms with E-state index in [9.17, 15) is 0 Å². The summed E-state index contributed by atoms with van der Waals surface area (Å²) in [4.78, 5) is 11.9. The standard InChI is InChI=1S/C30H30N4O/c1-22-5-10-27-26(11-13-31-29(27)19-22)28-12-16-34-21-24(20-32-30(28)34)23-6-8-25(9-7-23)35-18-17-33-14-3-2-4-15-33/h5-13,16,19-21H,2-4,14-15,17-18H2,1H3.